The second kappa shape index (κ2) is 76.1. The third kappa shape index (κ3) is 54.0. The van der Waals surface area contributed by atoms with Gasteiger partial charge in [0.25, 0.3) is 0 Å². The molecule has 17 atom stereocenters. The number of hydrogen-bond acceptors (Lipinski definition) is 18. The minimum Gasteiger partial charge on any atom is -0.394 e. The first-order valence-corrected chi connectivity index (χ1v) is 47.6. The molecule has 1 amide bonds. The van der Waals surface area contributed by atoms with E-state index in [-0.39, 0.29) is 18.9 Å². The summed E-state index contributed by atoms with van der Waals surface area (Å²) in [7, 11) is 0. The van der Waals surface area contributed by atoms with E-state index in [4.69, 9.17) is 28.4 Å². The fourth-order valence-electron chi connectivity index (χ4n) is 15.6. The molecular formula is C98H173NO18. The van der Waals surface area contributed by atoms with Gasteiger partial charge in [0, 0.05) is 6.42 Å². The average Bonchev–Trinajstić information content (AvgIpc) is 0.778. The molecule has 3 rings (SSSR count). The molecule has 0 bridgehead atoms. The van der Waals surface area contributed by atoms with Crippen molar-refractivity contribution in [2.45, 2.75) is 478 Å². The monoisotopic (exact) mass is 1650 g/mol. The van der Waals surface area contributed by atoms with Crippen LogP contribution < -0.4 is 5.32 Å². The van der Waals surface area contributed by atoms with Crippen LogP contribution in [0.2, 0.25) is 0 Å². The van der Waals surface area contributed by atoms with Crippen LogP contribution in [0.5, 0.6) is 0 Å². The molecule has 3 aliphatic rings. The van der Waals surface area contributed by atoms with Gasteiger partial charge < -0.3 is 89.9 Å². The topological polar surface area (TPSA) is 307 Å². The smallest absolute Gasteiger partial charge is 0.220 e. The van der Waals surface area contributed by atoms with E-state index in [1.165, 1.54) is 231 Å². The summed E-state index contributed by atoms with van der Waals surface area (Å²) in [5, 5.41) is 122. The highest BCUT2D eigenvalue weighted by Crippen LogP contribution is 2.34. The highest BCUT2D eigenvalue weighted by atomic mass is 16.8. The summed E-state index contributed by atoms with van der Waals surface area (Å²) >= 11 is 0. The van der Waals surface area contributed by atoms with Gasteiger partial charge in [0.1, 0.15) is 73.2 Å². The van der Waals surface area contributed by atoms with Crippen molar-refractivity contribution >= 4 is 5.91 Å². The largest absolute Gasteiger partial charge is 0.394 e. The first-order chi connectivity index (χ1) is 57.3. The number of amides is 1. The quantitative estimate of drug-likeness (QED) is 0.0199. The third-order valence-electron chi connectivity index (χ3n) is 23.1. The molecule has 3 heterocycles. The number of nitrogens with one attached hydrogen (secondary N) is 1. The van der Waals surface area contributed by atoms with E-state index >= 15 is 0 Å². The molecule has 0 aromatic heterocycles. The zero-order chi connectivity index (χ0) is 84.5. The second-order valence-electron chi connectivity index (χ2n) is 33.5. The van der Waals surface area contributed by atoms with Crippen molar-refractivity contribution in [2.24, 2.45) is 0 Å². The van der Waals surface area contributed by atoms with E-state index < -0.39 is 124 Å². The van der Waals surface area contributed by atoms with E-state index in [1.807, 2.05) is 0 Å². The van der Waals surface area contributed by atoms with Crippen molar-refractivity contribution in [3.8, 4) is 0 Å². The third-order valence-corrected chi connectivity index (χ3v) is 23.1. The predicted molar refractivity (Wildman–Crippen MR) is 475 cm³/mol. The van der Waals surface area contributed by atoms with Crippen LogP contribution in [0.4, 0.5) is 0 Å². The molecule has 0 aromatic rings. The number of ether oxygens (including phenoxy) is 6. The minimum atomic E-state index is -1.98. The Balaban J connectivity index is 1.30. The Bertz CT molecular complexity index is 2540. The molecule has 19 heteroatoms. The molecule has 0 radical (unpaired) electrons. The van der Waals surface area contributed by atoms with Gasteiger partial charge in [-0.25, -0.2) is 0 Å². The summed E-state index contributed by atoms with van der Waals surface area (Å²) in [6.45, 7) is 1.74. The van der Waals surface area contributed by atoms with Gasteiger partial charge >= 0.3 is 0 Å². The Kier molecular flexibility index (Phi) is 70.0. The Hall–Kier alpha value is -3.55. The highest BCUT2D eigenvalue weighted by molar-refractivity contribution is 5.76. The summed E-state index contributed by atoms with van der Waals surface area (Å²) in [5.41, 5.74) is 0. The summed E-state index contributed by atoms with van der Waals surface area (Å²) in [6, 6.07) is -0.896. The van der Waals surface area contributed by atoms with Crippen molar-refractivity contribution in [3.63, 3.8) is 0 Å². The van der Waals surface area contributed by atoms with Crippen LogP contribution >= 0.6 is 0 Å². The Morgan fingerprint density at radius 2 is 0.590 bits per heavy atom. The maximum absolute atomic E-state index is 13.6. The van der Waals surface area contributed by atoms with Crippen molar-refractivity contribution in [1.82, 2.24) is 5.32 Å². The summed E-state index contributed by atoms with van der Waals surface area (Å²) in [6.07, 6.45) is 80.5. The summed E-state index contributed by atoms with van der Waals surface area (Å²) < 4.78 is 34.6. The molecule has 678 valence electrons. The van der Waals surface area contributed by atoms with Crippen molar-refractivity contribution < 1.29 is 89.4 Å². The lowest BCUT2D eigenvalue weighted by Crippen LogP contribution is -2.66. The van der Waals surface area contributed by atoms with E-state index in [1.54, 1.807) is 0 Å². The molecule has 17 unspecified atom stereocenters. The predicted octanol–water partition coefficient (Wildman–Crippen LogP) is 19.2. The molecule has 12 N–H and O–H groups in total. The molecule has 3 saturated heterocycles. The van der Waals surface area contributed by atoms with Gasteiger partial charge in [-0.15, -0.1) is 0 Å². The fourth-order valence-corrected chi connectivity index (χ4v) is 15.6. The molecule has 3 aliphatic heterocycles. The number of carbonyl (C=O) groups excluding carboxylic acids is 1. The second-order valence-corrected chi connectivity index (χ2v) is 33.5. The van der Waals surface area contributed by atoms with Crippen molar-refractivity contribution in [3.05, 3.63) is 109 Å². The summed E-state index contributed by atoms with van der Waals surface area (Å²) in [4.78, 5) is 13.6. The van der Waals surface area contributed by atoms with Crippen molar-refractivity contribution in [2.75, 3.05) is 26.4 Å². The van der Waals surface area contributed by atoms with E-state index in [0.717, 1.165) is 109 Å². The molecule has 0 spiro atoms. The van der Waals surface area contributed by atoms with Gasteiger partial charge in [-0.2, -0.15) is 0 Å². The van der Waals surface area contributed by atoms with Crippen LogP contribution in [-0.4, -0.2) is 193 Å². The molecule has 0 aliphatic carbocycles. The van der Waals surface area contributed by atoms with Crippen LogP contribution in [0.15, 0.2) is 109 Å². The lowest BCUT2D eigenvalue weighted by Gasteiger charge is -2.48. The van der Waals surface area contributed by atoms with E-state index in [9.17, 15) is 61.0 Å². The first kappa shape index (κ1) is 108. The van der Waals surface area contributed by atoms with Crippen LogP contribution in [0.25, 0.3) is 0 Å². The van der Waals surface area contributed by atoms with Gasteiger partial charge in [-0.1, -0.05) is 393 Å². The molecular weight excluding hydrogens is 1480 g/mol. The average molecular weight is 1650 g/mol. The van der Waals surface area contributed by atoms with Crippen LogP contribution in [-0.2, 0) is 33.2 Å². The van der Waals surface area contributed by atoms with Gasteiger partial charge in [-0.3, -0.25) is 4.79 Å². The number of carbonyl (C=O) groups is 1. The van der Waals surface area contributed by atoms with Gasteiger partial charge in [-0.05, 0) is 83.5 Å². The zero-order valence-corrected chi connectivity index (χ0v) is 73.4. The lowest BCUT2D eigenvalue weighted by atomic mass is 9.96. The van der Waals surface area contributed by atoms with Crippen LogP contribution in [0.3, 0.4) is 0 Å². The Labute approximate surface area is 710 Å². The highest BCUT2D eigenvalue weighted by Gasteiger charge is 2.54. The standard InChI is InChI=1S/C98H173NO18/c1-3-5-7-9-11-13-15-17-19-21-23-25-27-29-31-33-35-36-37-38-39-40-41-42-43-44-46-48-50-52-54-56-58-60-62-64-66-68-70-72-74-76-86(104)99-81(82(103)75-73-71-69-67-65-63-61-59-57-55-53-51-49-47-45-34-32-30-28-26-24-22-20-18-16-14-12-10-8-6-4-2)80-112-96-92(110)89(107)94(84(78-101)114-96)117-98-93(111)90(108)95(85(79-102)115-98)116-97-91(109)88(106)87(105)83(77-100)113-97/h5,7,11,13,17,19,23,25,29,31,35-36,38-39,41-42,44,46,81-85,87-98,100-103,105-111H,3-4,6,8-10,12,14-16,18,20-22,24,26-28,30,32-34,37,40,43,45,47-80H2,1-2H3,(H,99,104)/b7-5-,13-11-,19-17-,25-23-,31-29-,36-35-,39-38-,42-41-,46-44-. The zero-order valence-electron chi connectivity index (χ0n) is 73.4. The molecule has 0 aromatic carbocycles. The Morgan fingerprint density at radius 1 is 0.316 bits per heavy atom. The number of allylic oxidation sites excluding steroid dienone is 18. The number of rotatable bonds is 77. The van der Waals surface area contributed by atoms with Crippen LogP contribution in [0, 0.1) is 0 Å². The Morgan fingerprint density at radius 3 is 0.923 bits per heavy atom. The molecule has 117 heavy (non-hydrogen) atoms. The van der Waals surface area contributed by atoms with Gasteiger partial charge in [0.15, 0.2) is 18.9 Å². The minimum absolute atomic E-state index is 0.242. The maximum Gasteiger partial charge on any atom is 0.220 e. The van der Waals surface area contributed by atoms with Gasteiger partial charge in [0.2, 0.25) is 5.91 Å². The van der Waals surface area contributed by atoms with Gasteiger partial charge in [0.05, 0.1) is 38.6 Å². The molecule has 0 saturated carbocycles. The SMILES string of the molecule is CC/C=C\C/C=C\C/C=C\C/C=C\C/C=C\C/C=C\C/C=C\C/C=C\C/C=C\CCCCCCCCCCCCCCCC(=O)NC(COC1OC(CO)C(OC2OC(CO)C(OC3OC(CO)C(O)C(O)C3O)C(O)C2O)C(O)C1O)C(O)CCCCCCCCCCCCCCCCCCCCCCCCCCCCCCCCC. The number of aliphatic hydroxyl groups is 11. The van der Waals surface area contributed by atoms with Crippen molar-refractivity contribution in [1.29, 1.82) is 0 Å². The molecule has 19 nitrogen and oxygen atoms in total. The first-order valence-electron chi connectivity index (χ1n) is 47.6. The van der Waals surface area contributed by atoms with Crippen LogP contribution in [0.1, 0.15) is 373 Å². The van der Waals surface area contributed by atoms with E-state index in [2.05, 4.69) is 129 Å². The van der Waals surface area contributed by atoms with E-state index in [0.29, 0.717) is 12.8 Å². The normalized spacial score (nSPS) is 24.9. The molecule has 3 fully saturated rings. The number of aliphatic hydroxyl groups excluding tert-OH is 11. The fraction of sp³-hybridized carbons (Fsp3) is 0.806. The summed E-state index contributed by atoms with van der Waals surface area (Å²) in [5.74, 6) is -0.242. The number of unbranched alkanes of at least 4 members (excludes halogenated alkanes) is 43. The lowest BCUT2D eigenvalue weighted by molar-refractivity contribution is -0.379. The maximum atomic E-state index is 13.6. The number of hydrogen-bond donors (Lipinski definition) is 12.